The summed E-state index contributed by atoms with van der Waals surface area (Å²) in [6.07, 6.45) is 6.48. The molecule has 100 valence electrons. The van der Waals surface area contributed by atoms with Crippen molar-refractivity contribution in [3.8, 4) is 0 Å². The smallest absolute Gasteiger partial charge is 0.276 e. The molecule has 1 fully saturated rings. The van der Waals surface area contributed by atoms with Crippen LogP contribution in [-0.2, 0) is 0 Å². The molecule has 2 heterocycles. The Labute approximate surface area is 118 Å². The lowest BCUT2D eigenvalue weighted by atomic mass is 10.0. The van der Waals surface area contributed by atoms with Crippen LogP contribution in [0.5, 0.6) is 0 Å². The van der Waals surface area contributed by atoms with Gasteiger partial charge in [-0.25, -0.2) is 0 Å². The van der Waals surface area contributed by atoms with Crippen molar-refractivity contribution in [3.05, 3.63) is 28.1 Å². The van der Waals surface area contributed by atoms with Gasteiger partial charge in [0.15, 0.2) is 5.82 Å². The number of rotatable bonds is 3. The summed E-state index contributed by atoms with van der Waals surface area (Å²) in [5, 5.41) is 16.3. The number of nitrogens with one attached hydrogen (secondary N) is 3. The van der Waals surface area contributed by atoms with E-state index in [-0.39, 0.29) is 5.91 Å². The summed E-state index contributed by atoms with van der Waals surface area (Å²) in [7, 11) is 0. The van der Waals surface area contributed by atoms with Crippen LogP contribution in [0.2, 0.25) is 0 Å². The van der Waals surface area contributed by atoms with Gasteiger partial charge in [-0.05, 0) is 28.8 Å². The van der Waals surface area contributed by atoms with Gasteiger partial charge in [0, 0.05) is 17.7 Å². The number of hydrogen-bond donors (Lipinski definition) is 3. The van der Waals surface area contributed by atoms with Crippen molar-refractivity contribution in [1.82, 2.24) is 20.4 Å². The molecule has 3 rings (SSSR count). The summed E-state index contributed by atoms with van der Waals surface area (Å²) in [4.78, 5) is 12.0. The van der Waals surface area contributed by atoms with Crippen LogP contribution in [0.3, 0.4) is 0 Å². The maximum atomic E-state index is 12.0. The third-order valence-corrected chi connectivity index (χ3v) is 4.06. The molecule has 1 amide bonds. The van der Waals surface area contributed by atoms with E-state index in [9.17, 15) is 4.79 Å². The number of anilines is 1. The number of hydrogen-bond acceptors (Lipinski definition) is 3. The first kappa shape index (κ1) is 12.4. The van der Waals surface area contributed by atoms with Crippen LogP contribution in [0.4, 0.5) is 5.82 Å². The fourth-order valence-corrected chi connectivity index (χ4v) is 2.83. The quantitative estimate of drug-likeness (QED) is 0.811. The van der Waals surface area contributed by atoms with Crippen molar-refractivity contribution in [2.24, 2.45) is 0 Å². The lowest BCUT2D eigenvalue weighted by Crippen LogP contribution is -2.13. The molecule has 0 aliphatic heterocycles. The third kappa shape index (κ3) is 2.56. The van der Waals surface area contributed by atoms with E-state index in [4.69, 9.17) is 0 Å². The molecule has 0 saturated heterocycles. The average molecular weight is 324 g/mol. The molecule has 7 heteroatoms. The predicted octanol–water partition coefficient (Wildman–Crippen LogP) is 2.81. The normalized spacial score (nSPS) is 15.8. The van der Waals surface area contributed by atoms with Crippen molar-refractivity contribution < 1.29 is 4.79 Å². The van der Waals surface area contributed by atoms with Gasteiger partial charge in [0.25, 0.3) is 5.91 Å². The summed E-state index contributed by atoms with van der Waals surface area (Å²) in [5.41, 5.74) is 1.50. The van der Waals surface area contributed by atoms with E-state index in [0.717, 1.165) is 5.69 Å². The summed E-state index contributed by atoms with van der Waals surface area (Å²) < 4.78 is 0.636. The number of amides is 1. The van der Waals surface area contributed by atoms with Gasteiger partial charge in [0.1, 0.15) is 5.69 Å². The van der Waals surface area contributed by atoms with E-state index < -0.39 is 0 Å². The predicted molar refractivity (Wildman–Crippen MR) is 74.0 cm³/mol. The van der Waals surface area contributed by atoms with E-state index in [2.05, 4.69) is 41.6 Å². The van der Waals surface area contributed by atoms with Crippen molar-refractivity contribution >= 4 is 27.7 Å². The molecule has 1 aliphatic carbocycles. The molecular formula is C12H14BrN5O. The molecule has 2 aromatic heterocycles. The maximum Gasteiger partial charge on any atom is 0.276 e. The molecule has 3 N–H and O–H groups in total. The molecular weight excluding hydrogens is 310 g/mol. The lowest BCUT2D eigenvalue weighted by Gasteiger charge is -2.03. The van der Waals surface area contributed by atoms with E-state index in [1.54, 1.807) is 6.20 Å². The van der Waals surface area contributed by atoms with Crippen LogP contribution in [-0.4, -0.2) is 26.3 Å². The standard InChI is InChI=1S/C12H14BrN5O/c13-8-6-14-18-11(8)12(19)15-10-5-9(16-17-10)7-3-1-2-4-7/h5-7H,1-4H2,(H,14,18)(H2,15,16,17,19). The van der Waals surface area contributed by atoms with Crippen LogP contribution >= 0.6 is 15.9 Å². The summed E-state index contributed by atoms with van der Waals surface area (Å²) >= 11 is 3.26. The number of halogens is 1. The Kier molecular flexibility index (Phi) is 3.37. The summed E-state index contributed by atoms with van der Waals surface area (Å²) in [6.45, 7) is 0. The highest BCUT2D eigenvalue weighted by molar-refractivity contribution is 9.10. The monoisotopic (exact) mass is 323 g/mol. The van der Waals surface area contributed by atoms with Gasteiger partial charge in [-0.1, -0.05) is 12.8 Å². The van der Waals surface area contributed by atoms with E-state index >= 15 is 0 Å². The van der Waals surface area contributed by atoms with Crippen LogP contribution in [0.1, 0.15) is 47.8 Å². The van der Waals surface area contributed by atoms with Gasteiger partial charge >= 0.3 is 0 Å². The van der Waals surface area contributed by atoms with Gasteiger partial charge in [-0.2, -0.15) is 10.2 Å². The van der Waals surface area contributed by atoms with Crippen LogP contribution < -0.4 is 5.32 Å². The van der Waals surface area contributed by atoms with Gasteiger partial charge in [-0.3, -0.25) is 15.0 Å². The summed E-state index contributed by atoms with van der Waals surface area (Å²) in [6, 6.07) is 1.91. The molecule has 1 saturated carbocycles. The lowest BCUT2D eigenvalue weighted by molar-refractivity contribution is 0.102. The topological polar surface area (TPSA) is 86.5 Å². The molecule has 0 atom stereocenters. The fourth-order valence-electron chi connectivity index (χ4n) is 2.46. The maximum absolute atomic E-state index is 12.0. The molecule has 2 aromatic rings. The molecule has 19 heavy (non-hydrogen) atoms. The minimum atomic E-state index is -0.256. The zero-order valence-corrected chi connectivity index (χ0v) is 11.8. The number of aromatic amines is 2. The Morgan fingerprint density at radius 1 is 1.37 bits per heavy atom. The van der Waals surface area contributed by atoms with E-state index in [0.29, 0.717) is 21.9 Å². The van der Waals surface area contributed by atoms with Crippen molar-refractivity contribution in [2.45, 2.75) is 31.6 Å². The second-order valence-electron chi connectivity index (χ2n) is 4.74. The molecule has 1 aliphatic rings. The highest BCUT2D eigenvalue weighted by Crippen LogP contribution is 2.33. The number of nitrogens with zero attached hydrogens (tertiary/aromatic N) is 2. The van der Waals surface area contributed by atoms with E-state index in [1.807, 2.05) is 6.07 Å². The first-order chi connectivity index (χ1) is 9.24. The second kappa shape index (κ2) is 5.16. The Morgan fingerprint density at radius 2 is 2.16 bits per heavy atom. The first-order valence-corrected chi connectivity index (χ1v) is 7.09. The number of aromatic nitrogens is 4. The van der Waals surface area contributed by atoms with Gasteiger partial charge in [-0.15, -0.1) is 0 Å². The molecule has 0 aromatic carbocycles. The average Bonchev–Trinajstić information content (AvgIpc) is 3.07. The van der Waals surface area contributed by atoms with Crippen molar-refractivity contribution in [2.75, 3.05) is 5.32 Å². The van der Waals surface area contributed by atoms with Crippen LogP contribution in [0.15, 0.2) is 16.7 Å². The third-order valence-electron chi connectivity index (χ3n) is 3.45. The minimum absolute atomic E-state index is 0.256. The Bertz CT molecular complexity index is 584. The molecule has 0 unspecified atom stereocenters. The first-order valence-electron chi connectivity index (χ1n) is 6.29. The Hall–Kier alpha value is -1.63. The molecule has 0 radical (unpaired) electrons. The molecule has 0 spiro atoms. The highest BCUT2D eigenvalue weighted by atomic mass is 79.9. The zero-order valence-electron chi connectivity index (χ0n) is 10.2. The van der Waals surface area contributed by atoms with Gasteiger partial charge in [0.05, 0.1) is 10.7 Å². The fraction of sp³-hybridized carbons (Fsp3) is 0.417. The minimum Gasteiger partial charge on any atom is -0.304 e. The highest BCUT2D eigenvalue weighted by Gasteiger charge is 2.20. The van der Waals surface area contributed by atoms with Crippen LogP contribution in [0, 0.1) is 0 Å². The Balaban J connectivity index is 1.70. The van der Waals surface area contributed by atoms with Gasteiger partial charge < -0.3 is 5.32 Å². The van der Waals surface area contributed by atoms with E-state index in [1.165, 1.54) is 25.7 Å². The number of carbonyl (C=O) groups excluding carboxylic acids is 1. The Morgan fingerprint density at radius 3 is 2.84 bits per heavy atom. The largest absolute Gasteiger partial charge is 0.304 e. The molecule has 6 nitrogen and oxygen atoms in total. The number of H-pyrrole nitrogens is 2. The SMILES string of the molecule is O=C(Nc1cc(C2CCCC2)[nH]n1)c1[nH]ncc1Br. The molecule has 0 bridgehead atoms. The number of carbonyl (C=O) groups is 1. The second-order valence-corrected chi connectivity index (χ2v) is 5.59. The zero-order chi connectivity index (χ0) is 13.2. The van der Waals surface area contributed by atoms with Crippen LogP contribution in [0.25, 0.3) is 0 Å². The van der Waals surface area contributed by atoms with Gasteiger partial charge in [0.2, 0.25) is 0 Å². The summed E-state index contributed by atoms with van der Waals surface area (Å²) in [5.74, 6) is 0.847. The van der Waals surface area contributed by atoms with Crippen molar-refractivity contribution in [1.29, 1.82) is 0 Å². The van der Waals surface area contributed by atoms with Crippen molar-refractivity contribution in [3.63, 3.8) is 0 Å².